The number of pyridine rings is 1. The fourth-order valence-corrected chi connectivity index (χ4v) is 4.77. The molecule has 0 aliphatic carbocycles. The van der Waals surface area contributed by atoms with Crippen molar-refractivity contribution in [2.75, 3.05) is 4.72 Å². The molecule has 0 radical (unpaired) electrons. The Balaban J connectivity index is 2.43. The van der Waals surface area contributed by atoms with Gasteiger partial charge in [0.2, 0.25) is 0 Å². The molecule has 108 valence electrons. The second-order valence-electron chi connectivity index (χ2n) is 4.65. The van der Waals surface area contributed by atoms with Gasteiger partial charge in [0.15, 0.2) is 0 Å². The Kier molecular flexibility index (Phi) is 4.12. The molecule has 0 atom stereocenters. The monoisotopic (exact) mass is 311 g/mol. The number of thiophene rings is 1. The highest BCUT2D eigenvalue weighted by Crippen LogP contribution is 2.28. The molecule has 2 aromatic rings. The lowest BCUT2D eigenvalue weighted by Gasteiger charge is -2.10. The van der Waals surface area contributed by atoms with Crippen molar-refractivity contribution in [2.45, 2.75) is 32.2 Å². The summed E-state index contributed by atoms with van der Waals surface area (Å²) < 4.78 is 27.5. The van der Waals surface area contributed by atoms with Gasteiger partial charge in [0.1, 0.15) is 10.7 Å². The van der Waals surface area contributed by atoms with Gasteiger partial charge in [-0.2, -0.15) is 0 Å². The first kappa shape index (κ1) is 15.0. The van der Waals surface area contributed by atoms with E-state index in [1.165, 1.54) is 11.3 Å². The van der Waals surface area contributed by atoms with E-state index in [1.54, 1.807) is 18.4 Å². The number of aryl methyl sites for hydroxylation is 3. The summed E-state index contributed by atoms with van der Waals surface area (Å²) in [5.74, 6) is 0.330. The minimum Gasteiger partial charge on any atom is -0.326 e. The molecule has 0 aliphatic heterocycles. The van der Waals surface area contributed by atoms with Gasteiger partial charge in [-0.1, -0.05) is 0 Å². The minimum atomic E-state index is -3.66. The van der Waals surface area contributed by atoms with E-state index in [0.29, 0.717) is 16.3 Å². The average molecular weight is 311 g/mol. The quantitative estimate of drug-likeness (QED) is 0.907. The maximum atomic E-state index is 12.5. The molecule has 0 bridgehead atoms. The van der Waals surface area contributed by atoms with Crippen LogP contribution in [0.3, 0.4) is 0 Å². The topological polar surface area (TPSA) is 85.1 Å². The van der Waals surface area contributed by atoms with Gasteiger partial charge in [0.05, 0.1) is 0 Å². The smallest absolute Gasteiger partial charge is 0.264 e. The molecule has 3 N–H and O–H groups in total. The molecule has 20 heavy (non-hydrogen) atoms. The maximum Gasteiger partial charge on any atom is 0.264 e. The molecule has 2 rings (SSSR count). The van der Waals surface area contributed by atoms with E-state index in [9.17, 15) is 8.42 Å². The number of hydrogen-bond donors (Lipinski definition) is 2. The SMILES string of the molecule is Cc1cc(C)nc(NS(=O)(=O)c2c(C)csc2CN)c1. The molecule has 0 saturated carbocycles. The van der Waals surface area contributed by atoms with Crippen molar-refractivity contribution in [1.82, 2.24) is 4.98 Å². The molecule has 0 unspecified atom stereocenters. The molecule has 0 amide bonds. The first-order valence-electron chi connectivity index (χ1n) is 6.08. The summed E-state index contributed by atoms with van der Waals surface area (Å²) in [6, 6.07) is 3.59. The second-order valence-corrected chi connectivity index (χ2v) is 7.24. The number of nitrogens with one attached hydrogen (secondary N) is 1. The highest BCUT2D eigenvalue weighted by Gasteiger charge is 2.23. The summed E-state index contributed by atoms with van der Waals surface area (Å²) in [5.41, 5.74) is 8.03. The molecule has 5 nitrogen and oxygen atoms in total. The summed E-state index contributed by atoms with van der Waals surface area (Å²) >= 11 is 1.36. The third-order valence-corrected chi connectivity index (χ3v) is 5.62. The Morgan fingerprint density at radius 3 is 2.60 bits per heavy atom. The molecule has 0 aliphatic rings. The van der Waals surface area contributed by atoms with Crippen molar-refractivity contribution in [3.05, 3.63) is 39.2 Å². The summed E-state index contributed by atoms with van der Waals surface area (Å²) in [7, 11) is -3.66. The van der Waals surface area contributed by atoms with E-state index in [0.717, 1.165) is 11.3 Å². The predicted molar refractivity (Wildman–Crippen MR) is 81.5 cm³/mol. The summed E-state index contributed by atoms with van der Waals surface area (Å²) in [6.45, 7) is 5.69. The van der Waals surface area contributed by atoms with Gasteiger partial charge in [0.25, 0.3) is 10.0 Å². The van der Waals surface area contributed by atoms with Crippen molar-refractivity contribution >= 4 is 27.2 Å². The zero-order valence-corrected chi connectivity index (χ0v) is 13.2. The third kappa shape index (κ3) is 3.00. The van der Waals surface area contributed by atoms with Gasteiger partial charge in [0, 0.05) is 17.1 Å². The molecule has 0 spiro atoms. The van der Waals surface area contributed by atoms with E-state index < -0.39 is 10.0 Å². The van der Waals surface area contributed by atoms with E-state index in [1.807, 2.05) is 19.9 Å². The van der Waals surface area contributed by atoms with Crippen LogP contribution in [0, 0.1) is 20.8 Å². The largest absolute Gasteiger partial charge is 0.326 e. The standard InChI is InChI=1S/C13H17N3O2S2/c1-8-4-10(3)15-12(5-8)16-20(17,18)13-9(2)7-19-11(13)6-14/h4-5,7H,6,14H2,1-3H3,(H,15,16). The summed E-state index contributed by atoms with van der Waals surface area (Å²) in [4.78, 5) is 5.12. The van der Waals surface area contributed by atoms with Gasteiger partial charge >= 0.3 is 0 Å². The van der Waals surface area contributed by atoms with Gasteiger partial charge in [-0.05, 0) is 49.4 Å². The van der Waals surface area contributed by atoms with Crippen molar-refractivity contribution in [1.29, 1.82) is 0 Å². The van der Waals surface area contributed by atoms with Crippen LogP contribution < -0.4 is 10.5 Å². The number of aromatic nitrogens is 1. The number of hydrogen-bond acceptors (Lipinski definition) is 5. The van der Waals surface area contributed by atoms with Crippen LogP contribution in [-0.2, 0) is 16.6 Å². The van der Waals surface area contributed by atoms with E-state index in [4.69, 9.17) is 5.73 Å². The van der Waals surface area contributed by atoms with Crippen molar-refractivity contribution in [3.8, 4) is 0 Å². The molecular formula is C13H17N3O2S2. The number of nitrogens with zero attached hydrogens (tertiary/aromatic N) is 1. The normalized spacial score (nSPS) is 11.6. The molecule has 0 aromatic carbocycles. The predicted octanol–water partition coefficient (Wildman–Crippen LogP) is 2.33. The lowest BCUT2D eigenvalue weighted by Crippen LogP contribution is -2.17. The molecule has 7 heteroatoms. The molecular weight excluding hydrogens is 294 g/mol. The zero-order valence-electron chi connectivity index (χ0n) is 11.6. The highest BCUT2D eigenvalue weighted by atomic mass is 32.2. The number of rotatable bonds is 4. The third-order valence-electron chi connectivity index (χ3n) is 2.78. The Hall–Kier alpha value is -1.44. The van der Waals surface area contributed by atoms with Crippen LogP contribution in [0.2, 0.25) is 0 Å². The van der Waals surface area contributed by atoms with Crippen molar-refractivity contribution in [3.63, 3.8) is 0 Å². The Bertz CT molecular complexity index is 716. The number of nitrogens with two attached hydrogens (primary N) is 1. The average Bonchev–Trinajstić information content (AvgIpc) is 2.69. The lowest BCUT2D eigenvalue weighted by atomic mass is 10.2. The van der Waals surface area contributed by atoms with Gasteiger partial charge in [-0.3, -0.25) is 4.72 Å². The zero-order chi connectivity index (χ0) is 14.9. The second kappa shape index (κ2) is 5.51. The molecule has 2 heterocycles. The summed E-state index contributed by atoms with van der Waals surface area (Å²) in [6.07, 6.45) is 0. The van der Waals surface area contributed by atoms with Crippen LogP contribution in [0.5, 0.6) is 0 Å². The van der Waals surface area contributed by atoms with Crippen LogP contribution >= 0.6 is 11.3 Å². The lowest BCUT2D eigenvalue weighted by molar-refractivity contribution is 0.600. The van der Waals surface area contributed by atoms with Gasteiger partial charge < -0.3 is 5.73 Å². The number of sulfonamides is 1. The first-order chi connectivity index (χ1) is 9.33. The van der Waals surface area contributed by atoms with Crippen LogP contribution in [0.25, 0.3) is 0 Å². The molecule has 0 fully saturated rings. The van der Waals surface area contributed by atoms with Crippen molar-refractivity contribution in [2.24, 2.45) is 5.73 Å². The summed E-state index contributed by atoms with van der Waals surface area (Å²) in [5, 5.41) is 1.80. The van der Waals surface area contributed by atoms with Crippen molar-refractivity contribution < 1.29 is 8.42 Å². The van der Waals surface area contributed by atoms with Crippen LogP contribution in [0.1, 0.15) is 21.7 Å². The van der Waals surface area contributed by atoms with Crippen LogP contribution in [-0.4, -0.2) is 13.4 Å². The highest BCUT2D eigenvalue weighted by molar-refractivity contribution is 7.93. The molecule has 0 saturated heterocycles. The van der Waals surface area contributed by atoms with Gasteiger partial charge in [-0.15, -0.1) is 11.3 Å². The Morgan fingerprint density at radius 2 is 2.00 bits per heavy atom. The Labute approximate surface area is 122 Å². The van der Waals surface area contributed by atoms with E-state index >= 15 is 0 Å². The van der Waals surface area contributed by atoms with Crippen LogP contribution in [0.4, 0.5) is 5.82 Å². The Morgan fingerprint density at radius 1 is 1.30 bits per heavy atom. The fourth-order valence-electron chi connectivity index (χ4n) is 2.07. The number of anilines is 1. The maximum absolute atomic E-state index is 12.5. The minimum absolute atomic E-state index is 0.203. The molecule has 2 aromatic heterocycles. The fraction of sp³-hybridized carbons (Fsp3) is 0.308. The first-order valence-corrected chi connectivity index (χ1v) is 8.45. The van der Waals surface area contributed by atoms with Gasteiger partial charge in [-0.25, -0.2) is 13.4 Å². The van der Waals surface area contributed by atoms with E-state index in [2.05, 4.69) is 9.71 Å². The van der Waals surface area contributed by atoms with Crippen LogP contribution in [0.15, 0.2) is 22.4 Å². The van der Waals surface area contributed by atoms with E-state index in [-0.39, 0.29) is 11.4 Å².